The first-order valence-electron chi connectivity index (χ1n) is 6.23. The van der Waals surface area contributed by atoms with Crippen molar-refractivity contribution in [3.63, 3.8) is 0 Å². The molecule has 0 fully saturated rings. The molecule has 1 aliphatic heterocycles. The molecule has 0 aromatic heterocycles. The molecule has 1 heterocycles. The first-order chi connectivity index (χ1) is 8.65. The van der Waals surface area contributed by atoms with Gasteiger partial charge in [0, 0.05) is 5.75 Å². The Bertz CT molecular complexity index is 495. The van der Waals surface area contributed by atoms with Gasteiger partial charge in [-0.15, -0.1) is 10.2 Å². The molecule has 1 aromatic carbocycles. The van der Waals surface area contributed by atoms with Crippen LogP contribution < -0.4 is 4.72 Å². The van der Waals surface area contributed by atoms with Crippen molar-refractivity contribution in [2.24, 2.45) is 0 Å². The quantitative estimate of drug-likeness (QED) is 0.787. The van der Waals surface area contributed by atoms with E-state index in [0.29, 0.717) is 0 Å². The van der Waals surface area contributed by atoms with Gasteiger partial charge in [-0.05, 0) is 48.9 Å². The van der Waals surface area contributed by atoms with Gasteiger partial charge in [0.2, 0.25) is 0 Å². The number of hydrogen-bond acceptors (Lipinski definition) is 1. The van der Waals surface area contributed by atoms with E-state index in [4.69, 9.17) is 0 Å². The molecule has 18 heavy (non-hydrogen) atoms. The van der Waals surface area contributed by atoms with Crippen molar-refractivity contribution >= 4 is 15.8 Å². The molecule has 0 bridgehead atoms. The molecular formula is C16H21NS. The van der Waals surface area contributed by atoms with E-state index in [9.17, 15) is 0 Å². The van der Waals surface area contributed by atoms with Gasteiger partial charge in [-0.25, -0.2) is 0 Å². The predicted molar refractivity (Wildman–Crippen MR) is 84.5 cm³/mol. The van der Waals surface area contributed by atoms with Crippen LogP contribution in [0, 0.1) is 0 Å². The second-order valence-electron chi connectivity index (χ2n) is 4.74. The molecule has 1 unspecified atom stereocenters. The van der Waals surface area contributed by atoms with Crippen LogP contribution >= 0.6 is 10.2 Å². The van der Waals surface area contributed by atoms with Crippen molar-refractivity contribution in [2.45, 2.75) is 13.8 Å². The minimum absolute atomic E-state index is 0.960. The molecule has 1 nitrogen and oxygen atoms in total. The van der Waals surface area contributed by atoms with Crippen molar-refractivity contribution in [3.05, 3.63) is 64.4 Å². The van der Waals surface area contributed by atoms with Crippen LogP contribution in [-0.2, 0) is 0 Å². The zero-order valence-electron chi connectivity index (χ0n) is 11.3. The average Bonchev–Trinajstić information content (AvgIpc) is 2.83. The van der Waals surface area contributed by atoms with Gasteiger partial charge >= 0.3 is 0 Å². The van der Waals surface area contributed by atoms with Crippen molar-refractivity contribution in [1.29, 1.82) is 0 Å². The Morgan fingerprint density at radius 3 is 2.56 bits per heavy atom. The van der Waals surface area contributed by atoms with Crippen molar-refractivity contribution < 1.29 is 0 Å². The average molecular weight is 259 g/mol. The molecule has 0 saturated heterocycles. The normalized spacial score (nSPS) is 25.4. The van der Waals surface area contributed by atoms with E-state index < -0.39 is 10.2 Å². The largest absolute Gasteiger partial charge is 0.277 e. The van der Waals surface area contributed by atoms with Gasteiger partial charge in [-0.2, -0.15) is 0 Å². The van der Waals surface area contributed by atoms with Gasteiger partial charge in [0.05, 0.1) is 0 Å². The second-order valence-corrected chi connectivity index (χ2v) is 7.69. The zero-order valence-corrected chi connectivity index (χ0v) is 12.1. The lowest BCUT2D eigenvalue weighted by atomic mass is 10.1. The second kappa shape index (κ2) is 5.59. The summed E-state index contributed by atoms with van der Waals surface area (Å²) in [6, 6.07) is 10.6. The van der Waals surface area contributed by atoms with Gasteiger partial charge in [-0.1, -0.05) is 42.0 Å². The summed E-state index contributed by atoms with van der Waals surface area (Å²) in [5, 5.41) is 4.75. The van der Waals surface area contributed by atoms with E-state index in [1.807, 2.05) is 0 Å². The van der Waals surface area contributed by atoms with Crippen LogP contribution in [0.5, 0.6) is 0 Å². The molecular weight excluding hydrogens is 238 g/mol. The molecule has 0 spiro atoms. The highest BCUT2D eigenvalue weighted by atomic mass is 32.3. The van der Waals surface area contributed by atoms with Gasteiger partial charge < -0.3 is 0 Å². The minimum Gasteiger partial charge on any atom is -0.277 e. The Morgan fingerprint density at radius 2 is 1.94 bits per heavy atom. The van der Waals surface area contributed by atoms with Crippen LogP contribution in [0.15, 0.2) is 58.9 Å². The maximum absolute atomic E-state index is 3.51. The first-order valence-corrected chi connectivity index (χ1v) is 8.16. The Kier molecular flexibility index (Phi) is 4.10. The molecule has 0 amide bonds. The highest BCUT2D eigenvalue weighted by Crippen LogP contribution is 2.53. The summed E-state index contributed by atoms with van der Waals surface area (Å²) in [6.07, 6.45) is 4.57. The lowest BCUT2D eigenvalue weighted by Crippen LogP contribution is -2.13. The fourth-order valence-corrected chi connectivity index (χ4v) is 4.29. The number of rotatable bonds is 4. The fourth-order valence-electron chi connectivity index (χ4n) is 1.91. The molecule has 0 radical (unpaired) electrons. The molecule has 2 rings (SSSR count). The van der Waals surface area contributed by atoms with Crippen LogP contribution in [0.4, 0.5) is 0 Å². The number of nitrogens with one attached hydrogen (secondary N) is 1. The molecule has 96 valence electrons. The van der Waals surface area contributed by atoms with Gasteiger partial charge in [0.25, 0.3) is 0 Å². The smallest absolute Gasteiger partial charge is 0.0145 e. The first kappa shape index (κ1) is 13.2. The van der Waals surface area contributed by atoms with Crippen molar-refractivity contribution in [3.8, 4) is 0 Å². The molecule has 1 N–H and O–H groups in total. The third-order valence-corrected chi connectivity index (χ3v) is 5.86. The standard InChI is InChI=1S/C16H21NS/c1-14(2)9-11-18(17-3)12-10-16(13-18)15-7-5-4-6-8-15/h4-10,12-13,17H,11H2,1-3H3. The topological polar surface area (TPSA) is 12.0 Å². The monoisotopic (exact) mass is 259 g/mol. The Labute approximate surface area is 112 Å². The van der Waals surface area contributed by atoms with Crippen LogP contribution in [0.2, 0.25) is 0 Å². The summed E-state index contributed by atoms with van der Waals surface area (Å²) in [5.41, 5.74) is 4.02. The van der Waals surface area contributed by atoms with E-state index in [1.165, 1.54) is 16.7 Å². The zero-order chi connectivity index (χ0) is 13.0. The van der Waals surface area contributed by atoms with Gasteiger partial charge in [-0.3, -0.25) is 4.72 Å². The van der Waals surface area contributed by atoms with Crippen LogP contribution in [0.3, 0.4) is 0 Å². The lowest BCUT2D eigenvalue weighted by molar-refractivity contribution is 1.26. The molecule has 0 aliphatic carbocycles. The summed E-state index contributed by atoms with van der Waals surface area (Å²) in [5.74, 6) is 1.08. The molecule has 0 saturated carbocycles. The number of hydrogen-bond donors (Lipinski definition) is 1. The molecule has 1 atom stereocenters. The summed E-state index contributed by atoms with van der Waals surface area (Å²) in [6.45, 7) is 4.31. The van der Waals surface area contributed by atoms with Crippen LogP contribution in [0.25, 0.3) is 5.57 Å². The third-order valence-electron chi connectivity index (χ3n) is 3.08. The third kappa shape index (κ3) is 2.95. The maximum atomic E-state index is 3.51. The lowest BCUT2D eigenvalue weighted by Gasteiger charge is -2.30. The summed E-state index contributed by atoms with van der Waals surface area (Å²) >= 11 is 0. The number of allylic oxidation sites excluding steroid dienone is 3. The van der Waals surface area contributed by atoms with E-state index in [-0.39, 0.29) is 0 Å². The summed E-state index contributed by atoms with van der Waals surface area (Å²) < 4.78 is 3.51. The maximum Gasteiger partial charge on any atom is 0.0145 e. The van der Waals surface area contributed by atoms with Crippen LogP contribution in [-0.4, -0.2) is 12.8 Å². The molecule has 2 heteroatoms. The number of benzene rings is 1. The molecule has 1 aromatic rings. The predicted octanol–water partition coefficient (Wildman–Crippen LogP) is 4.46. The molecule has 1 aliphatic rings. The van der Waals surface area contributed by atoms with Crippen molar-refractivity contribution in [2.75, 3.05) is 12.8 Å². The fraction of sp³-hybridized carbons (Fsp3) is 0.250. The van der Waals surface area contributed by atoms with E-state index in [0.717, 1.165) is 5.75 Å². The summed E-state index contributed by atoms with van der Waals surface area (Å²) in [4.78, 5) is 0. The Balaban J connectivity index is 2.25. The SMILES string of the molecule is CNS1(CC=C(C)C)C=CC(c2ccccc2)=C1. The minimum atomic E-state index is -0.960. The van der Waals surface area contributed by atoms with E-state index in [2.05, 4.69) is 78.9 Å². The van der Waals surface area contributed by atoms with Gasteiger partial charge in [0.15, 0.2) is 0 Å². The Morgan fingerprint density at radius 1 is 1.22 bits per heavy atom. The highest BCUT2D eigenvalue weighted by Gasteiger charge is 2.20. The van der Waals surface area contributed by atoms with E-state index >= 15 is 0 Å². The highest BCUT2D eigenvalue weighted by molar-refractivity contribution is 8.37. The Hall–Kier alpha value is -1.25. The van der Waals surface area contributed by atoms with Crippen LogP contribution in [0.1, 0.15) is 19.4 Å². The van der Waals surface area contributed by atoms with Crippen molar-refractivity contribution in [1.82, 2.24) is 4.72 Å². The summed E-state index contributed by atoms with van der Waals surface area (Å²) in [7, 11) is 1.10. The van der Waals surface area contributed by atoms with Gasteiger partial charge in [0.1, 0.15) is 0 Å². The van der Waals surface area contributed by atoms with E-state index in [1.54, 1.807) is 0 Å².